The van der Waals surface area contributed by atoms with E-state index in [9.17, 15) is 5.11 Å². The van der Waals surface area contributed by atoms with E-state index in [1.165, 1.54) is 0 Å². The summed E-state index contributed by atoms with van der Waals surface area (Å²) in [4.78, 5) is 9.89. The van der Waals surface area contributed by atoms with Gasteiger partial charge in [0.2, 0.25) is 0 Å². The number of nitrogens with one attached hydrogen (secondary N) is 1. The van der Waals surface area contributed by atoms with Crippen LogP contribution in [-0.4, -0.2) is 15.1 Å². The summed E-state index contributed by atoms with van der Waals surface area (Å²) in [5.41, 5.74) is 3.10. The summed E-state index contributed by atoms with van der Waals surface area (Å²) in [6, 6.07) is 19.6. The third-order valence-electron chi connectivity index (χ3n) is 4.68. The van der Waals surface area contributed by atoms with Crippen molar-refractivity contribution in [3.8, 4) is 16.9 Å². The number of anilines is 2. The van der Waals surface area contributed by atoms with E-state index in [1.807, 2.05) is 42.5 Å². The molecule has 0 saturated carbocycles. The highest BCUT2D eigenvalue weighted by atomic mass is 79.9. The Morgan fingerprint density at radius 2 is 1.68 bits per heavy atom. The van der Waals surface area contributed by atoms with E-state index in [0.717, 1.165) is 48.1 Å². The van der Waals surface area contributed by atoms with Crippen LogP contribution in [0.2, 0.25) is 0 Å². The van der Waals surface area contributed by atoms with Crippen LogP contribution >= 0.6 is 27.3 Å². The zero-order valence-electron chi connectivity index (χ0n) is 14.6. The lowest BCUT2D eigenvalue weighted by atomic mass is 10.1. The maximum Gasteiger partial charge on any atom is 0.143 e. The molecule has 28 heavy (non-hydrogen) atoms. The molecule has 2 heterocycles. The van der Waals surface area contributed by atoms with Crippen molar-refractivity contribution >= 4 is 59.8 Å². The fourth-order valence-electron chi connectivity index (χ4n) is 3.34. The molecule has 0 atom stereocenters. The van der Waals surface area contributed by atoms with E-state index in [2.05, 4.69) is 48.7 Å². The minimum atomic E-state index is 0.264. The summed E-state index contributed by atoms with van der Waals surface area (Å²) < 4.78 is 1.04. The molecule has 0 aliphatic heterocycles. The molecule has 136 valence electrons. The highest BCUT2D eigenvalue weighted by Gasteiger charge is 2.14. The minimum Gasteiger partial charge on any atom is -0.507 e. The van der Waals surface area contributed by atoms with Crippen LogP contribution in [0.4, 0.5) is 11.5 Å². The van der Waals surface area contributed by atoms with E-state index >= 15 is 0 Å². The second kappa shape index (κ2) is 6.89. The number of nitrogens with zero attached hydrogens (tertiary/aromatic N) is 2. The van der Waals surface area contributed by atoms with Crippen molar-refractivity contribution in [1.82, 2.24) is 9.97 Å². The van der Waals surface area contributed by atoms with Gasteiger partial charge in [0.05, 0.1) is 5.39 Å². The quantitative estimate of drug-likeness (QED) is 0.322. The highest BCUT2D eigenvalue weighted by Crippen LogP contribution is 2.39. The van der Waals surface area contributed by atoms with Crippen molar-refractivity contribution in [1.29, 1.82) is 0 Å². The number of halogens is 1. The SMILES string of the molecule is Oc1cccc2c(Nc3ncnc4scc(-c5ccc(Br)cc5)c34)cccc12. The van der Waals surface area contributed by atoms with Gasteiger partial charge >= 0.3 is 0 Å². The molecule has 3 aromatic carbocycles. The molecule has 0 aliphatic rings. The molecule has 0 fully saturated rings. The van der Waals surface area contributed by atoms with Gasteiger partial charge < -0.3 is 10.4 Å². The summed E-state index contributed by atoms with van der Waals surface area (Å²) in [7, 11) is 0. The molecule has 0 saturated heterocycles. The number of aromatic hydroxyl groups is 1. The number of hydrogen-bond donors (Lipinski definition) is 2. The van der Waals surface area contributed by atoms with Crippen LogP contribution in [0.5, 0.6) is 5.75 Å². The van der Waals surface area contributed by atoms with Crippen LogP contribution in [0.3, 0.4) is 0 Å². The van der Waals surface area contributed by atoms with Gasteiger partial charge in [-0.15, -0.1) is 11.3 Å². The Labute approximate surface area is 173 Å². The number of benzene rings is 3. The first-order chi connectivity index (χ1) is 13.7. The number of hydrogen-bond acceptors (Lipinski definition) is 5. The van der Waals surface area contributed by atoms with Crippen molar-refractivity contribution in [2.24, 2.45) is 0 Å². The molecule has 6 heteroatoms. The van der Waals surface area contributed by atoms with Crippen LogP contribution in [-0.2, 0) is 0 Å². The second-order valence-corrected chi connectivity index (χ2v) is 8.14. The summed E-state index contributed by atoms with van der Waals surface area (Å²) in [6.45, 7) is 0. The number of aromatic nitrogens is 2. The Kier molecular flexibility index (Phi) is 4.22. The van der Waals surface area contributed by atoms with Gasteiger partial charge in [0.1, 0.15) is 22.7 Å². The Morgan fingerprint density at radius 1 is 0.893 bits per heavy atom. The molecule has 0 amide bonds. The normalized spacial score (nSPS) is 11.2. The molecular formula is C22H14BrN3OS. The average Bonchev–Trinajstić information content (AvgIpc) is 3.15. The average molecular weight is 448 g/mol. The molecule has 0 aliphatic carbocycles. The van der Waals surface area contributed by atoms with Crippen molar-refractivity contribution < 1.29 is 5.11 Å². The summed E-state index contributed by atoms with van der Waals surface area (Å²) in [5.74, 6) is 1.01. The van der Waals surface area contributed by atoms with E-state index in [-0.39, 0.29) is 5.75 Å². The third kappa shape index (κ3) is 2.91. The highest BCUT2D eigenvalue weighted by molar-refractivity contribution is 9.10. The first-order valence-corrected chi connectivity index (χ1v) is 10.3. The maximum absolute atomic E-state index is 10.2. The number of phenols is 1. The molecule has 2 N–H and O–H groups in total. The van der Waals surface area contributed by atoms with Crippen LogP contribution in [0.25, 0.3) is 32.1 Å². The minimum absolute atomic E-state index is 0.264. The fraction of sp³-hybridized carbons (Fsp3) is 0. The lowest BCUT2D eigenvalue weighted by molar-refractivity contribution is 0.481. The molecule has 5 rings (SSSR count). The van der Waals surface area contributed by atoms with Crippen LogP contribution in [0.15, 0.2) is 76.8 Å². The van der Waals surface area contributed by atoms with Gasteiger partial charge in [0.25, 0.3) is 0 Å². The van der Waals surface area contributed by atoms with Gasteiger partial charge in [0, 0.05) is 31.9 Å². The Balaban J connectivity index is 1.67. The van der Waals surface area contributed by atoms with E-state index in [4.69, 9.17) is 0 Å². The van der Waals surface area contributed by atoms with Gasteiger partial charge in [-0.1, -0.05) is 52.3 Å². The standard InChI is InChI=1S/C22H14BrN3OS/c23-14-9-7-13(8-10-14)17-11-28-22-20(17)21(24-12-25-22)26-18-5-1-4-16-15(18)3-2-6-19(16)27/h1-12,27H,(H,24,25,26). The van der Waals surface area contributed by atoms with Crippen LogP contribution in [0.1, 0.15) is 0 Å². The van der Waals surface area contributed by atoms with Gasteiger partial charge in [-0.25, -0.2) is 9.97 Å². The van der Waals surface area contributed by atoms with Gasteiger partial charge in [-0.3, -0.25) is 0 Å². The van der Waals surface area contributed by atoms with Gasteiger partial charge in [0.15, 0.2) is 0 Å². The molecule has 2 aromatic heterocycles. The molecule has 5 aromatic rings. The molecule has 0 radical (unpaired) electrons. The number of rotatable bonds is 3. The van der Waals surface area contributed by atoms with Crippen LogP contribution in [0, 0.1) is 0 Å². The predicted octanol–water partition coefficient (Wildman–Crippen LogP) is 6.72. The lowest BCUT2D eigenvalue weighted by Gasteiger charge is -2.11. The molecule has 0 unspecified atom stereocenters. The smallest absolute Gasteiger partial charge is 0.143 e. The van der Waals surface area contributed by atoms with Gasteiger partial charge in [-0.05, 0) is 29.8 Å². The van der Waals surface area contributed by atoms with E-state index < -0.39 is 0 Å². The topological polar surface area (TPSA) is 58.0 Å². The lowest BCUT2D eigenvalue weighted by Crippen LogP contribution is -1.96. The summed E-state index contributed by atoms with van der Waals surface area (Å²) in [6.07, 6.45) is 1.58. The third-order valence-corrected chi connectivity index (χ3v) is 6.09. The number of fused-ring (bicyclic) bond motifs is 2. The Hall–Kier alpha value is -2.96. The second-order valence-electron chi connectivity index (χ2n) is 6.36. The Bertz CT molecular complexity index is 1310. The molecular weight excluding hydrogens is 434 g/mol. The van der Waals surface area contributed by atoms with Crippen molar-refractivity contribution in [2.75, 3.05) is 5.32 Å². The number of thiophene rings is 1. The van der Waals surface area contributed by atoms with Crippen LogP contribution < -0.4 is 5.32 Å². The van der Waals surface area contributed by atoms with Gasteiger partial charge in [-0.2, -0.15) is 0 Å². The largest absolute Gasteiger partial charge is 0.507 e. The van der Waals surface area contributed by atoms with Crippen molar-refractivity contribution in [3.05, 3.63) is 76.8 Å². The summed E-state index contributed by atoms with van der Waals surface area (Å²) >= 11 is 5.09. The first-order valence-electron chi connectivity index (χ1n) is 8.66. The van der Waals surface area contributed by atoms with E-state index in [0.29, 0.717) is 0 Å². The number of phenolic OH excluding ortho intramolecular Hbond substituents is 1. The fourth-order valence-corrected chi connectivity index (χ4v) is 4.52. The molecule has 0 bridgehead atoms. The zero-order chi connectivity index (χ0) is 19.1. The van der Waals surface area contributed by atoms with Crippen molar-refractivity contribution in [3.63, 3.8) is 0 Å². The van der Waals surface area contributed by atoms with E-state index in [1.54, 1.807) is 23.7 Å². The van der Waals surface area contributed by atoms with Crippen molar-refractivity contribution in [2.45, 2.75) is 0 Å². The summed E-state index contributed by atoms with van der Waals surface area (Å²) in [5, 5.41) is 18.5. The zero-order valence-corrected chi connectivity index (χ0v) is 17.0. The predicted molar refractivity (Wildman–Crippen MR) is 119 cm³/mol. The maximum atomic E-state index is 10.2. The Morgan fingerprint density at radius 3 is 2.54 bits per heavy atom. The molecule has 0 spiro atoms. The molecule has 4 nitrogen and oxygen atoms in total. The first kappa shape index (κ1) is 17.2. The monoisotopic (exact) mass is 447 g/mol.